The molecule has 0 atom stereocenters. The molecule has 0 heterocycles. The van der Waals surface area contributed by atoms with Gasteiger partial charge in [0.25, 0.3) is 0 Å². The molecule has 0 radical (unpaired) electrons. The molecule has 2 aromatic carbocycles. The molecule has 0 spiro atoms. The molecule has 0 fully saturated rings. The van der Waals surface area contributed by atoms with E-state index in [0.29, 0.717) is 27.1 Å². The summed E-state index contributed by atoms with van der Waals surface area (Å²) in [5.74, 6) is 1.30. The highest BCUT2D eigenvalue weighted by Gasteiger charge is 2.05. The molecule has 94 valence electrons. The molecular weight excluding hydrogens is 271 g/mol. The summed E-state index contributed by atoms with van der Waals surface area (Å²) in [6.45, 7) is 1.85. The van der Waals surface area contributed by atoms with E-state index in [9.17, 15) is 0 Å². The lowest BCUT2D eigenvalue weighted by molar-refractivity contribution is 0.282. The van der Waals surface area contributed by atoms with E-state index in [1.165, 1.54) is 0 Å². The Bertz CT molecular complexity index is 568. The molecule has 0 unspecified atom stereocenters. The molecule has 0 aromatic heterocycles. The minimum atomic E-state index is -0.0880. The lowest BCUT2D eigenvalue weighted by Gasteiger charge is -2.10. The van der Waals surface area contributed by atoms with Gasteiger partial charge in [0.05, 0.1) is 6.61 Å². The molecule has 2 rings (SSSR count). The fraction of sp³-hybridized carbons (Fsp3) is 0.143. The molecule has 4 heteroatoms. The first-order valence-corrected chi connectivity index (χ1v) is 6.19. The van der Waals surface area contributed by atoms with E-state index < -0.39 is 0 Å². The van der Waals surface area contributed by atoms with Crippen LogP contribution in [0.5, 0.6) is 11.5 Å². The van der Waals surface area contributed by atoms with Crippen LogP contribution in [0.2, 0.25) is 10.0 Å². The average Bonchev–Trinajstić information content (AvgIpc) is 2.34. The van der Waals surface area contributed by atoms with Gasteiger partial charge in [0.2, 0.25) is 0 Å². The normalized spacial score (nSPS) is 10.4. The molecule has 2 aromatic rings. The van der Waals surface area contributed by atoms with Gasteiger partial charge < -0.3 is 9.84 Å². The van der Waals surface area contributed by atoms with Crippen LogP contribution in [0, 0.1) is 6.92 Å². The Morgan fingerprint density at radius 1 is 1.11 bits per heavy atom. The largest absolute Gasteiger partial charge is 0.457 e. The number of aliphatic hydroxyl groups excluding tert-OH is 1. The second kappa shape index (κ2) is 5.61. The molecule has 0 bridgehead atoms. The Morgan fingerprint density at radius 3 is 2.56 bits per heavy atom. The molecule has 2 nitrogen and oxygen atoms in total. The predicted octanol–water partition coefficient (Wildman–Crippen LogP) is 4.59. The molecular formula is C14H12Cl2O2. The van der Waals surface area contributed by atoms with E-state index in [-0.39, 0.29) is 6.61 Å². The van der Waals surface area contributed by atoms with Gasteiger partial charge in [-0.2, -0.15) is 0 Å². The minimum Gasteiger partial charge on any atom is -0.457 e. The van der Waals surface area contributed by atoms with Crippen LogP contribution < -0.4 is 4.74 Å². The summed E-state index contributed by atoms with van der Waals surface area (Å²) >= 11 is 11.9. The smallest absolute Gasteiger partial charge is 0.131 e. The highest BCUT2D eigenvalue weighted by Crippen LogP contribution is 2.30. The van der Waals surface area contributed by atoms with Crippen LogP contribution in [0.4, 0.5) is 0 Å². The van der Waals surface area contributed by atoms with Crippen molar-refractivity contribution in [1.29, 1.82) is 0 Å². The maximum absolute atomic E-state index is 9.04. The third kappa shape index (κ3) is 2.96. The van der Waals surface area contributed by atoms with Gasteiger partial charge in [-0.05, 0) is 42.3 Å². The summed E-state index contributed by atoms with van der Waals surface area (Å²) in [6.07, 6.45) is 0. The van der Waals surface area contributed by atoms with E-state index in [1.54, 1.807) is 24.3 Å². The van der Waals surface area contributed by atoms with Crippen molar-refractivity contribution in [3.05, 3.63) is 57.6 Å². The van der Waals surface area contributed by atoms with E-state index in [4.69, 9.17) is 33.0 Å². The molecule has 18 heavy (non-hydrogen) atoms. The standard InChI is InChI=1S/C14H12Cl2O2/c1-9-2-4-11(15)6-14(9)18-12-5-3-10(8-17)13(16)7-12/h2-7,17H,8H2,1H3. The molecule has 1 N–H and O–H groups in total. The monoisotopic (exact) mass is 282 g/mol. The van der Waals surface area contributed by atoms with Gasteiger partial charge in [0.15, 0.2) is 0 Å². The molecule has 0 aliphatic heterocycles. The van der Waals surface area contributed by atoms with Gasteiger partial charge in [-0.1, -0.05) is 35.3 Å². The second-order valence-electron chi connectivity index (χ2n) is 3.92. The number of rotatable bonds is 3. The highest BCUT2D eigenvalue weighted by atomic mass is 35.5. The summed E-state index contributed by atoms with van der Waals surface area (Å²) in [7, 11) is 0. The summed E-state index contributed by atoms with van der Waals surface area (Å²) < 4.78 is 5.72. The zero-order valence-electron chi connectivity index (χ0n) is 9.78. The predicted molar refractivity (Wildman–Crippen MR) is 73.6 cm³/mol. The van der Waals surface area contributed by atoms with Crippen LogP contribution in [0.1, 0.15) is 11.1 Å². The minimum absolute atomic E-state index is 0.0880. The summed E-state index contributed by atoms with van der Waals surface area (Å²) in [5.41, 5.74) is 1.66. The van der Waals surface area contributed by atoms with Gasteiger partial charge >= 0.3 is 0 Å². The van der Waals surface area contributed by atoms with Gasteiger partial charge in [-0.15, -0.1) is 0 Å². The zero-order chi connectivity index (χ0) is 13.1. The Balaban J connectivity index is 2.28. The summed E-state index contributed by atoms with van der Waals surface area (Å²) in [6, 6.07) is 10.6. The van der Waals surface area contributed by atoms with Crippen LogP contribution in [-0.2, 0) is 6.61 Å². The summed E-state index contributed by atoms with van der Waals surface area (Å²) in [4.78, 5) is 0. The third-order valence-electron chi connectivity index (χ3n) is 2.57. The van der Waals surface area contributed by atoms with Gasteiger partial charge in [-0.25, -0.2) is 0 Å². The van der Waals surface area contributed by atoms with Crippen molar-refractivity contribution in [2.24, 2.45) is 0 Å². The Kier molecular flexibility index (Phi) is 4.12. The number of aryl methyl sites for hydroxylation is 1. The molecule has 0 saturated heterocycles. The van der Waals surface area contributed by atoms with Crippen molar-refractivity contribution in [2.45, 2.75) is 13.5 Å². The van der Waals surface area contributed by atoms with Gasteiger partial charge in [0, 0.05) is 10.0 Å². The average molecular weight is 283 g/mol. The van der Waals surface area contributed by atoms with Crippen molar-refractivity contribution in [3.63, 3.8) is 0 Å². The number of benzene rings is 2. The Hall–Kier alpha value is -1.22. The van der Waals surface area contributed by atoms with Crippen molar-refractivity contribution >= 4 is 23.2 Å². The van der Waals surface area contributed by atoms with E-state index in [1.807, 2.05) is 19.1 Å². The fourth-order valence-electron chi connectivity index (χ4n) is 1.53. The maximum atomic E-state index is 9.04. The van der Waals surface area contributed by atoms with E-state index in [2.05, 4.69) is 0 Å². The molecule has 0 saturated carbocycles. The van der Waals surface area contributed by atoms with E-state index in [0.717, 1.165) is 5.56 Å². The first-order valence-electron chi connectivity index (χ1n) is 5.43. The Morgan fingerprint density at radius 2 is 1.89 bits per heavy atom. The highest BCUT2D eigenvalue weighted by molar-refractivity contribution is 6.31. The van der Waals surface area contributed by atoms with Crippen molar-refractivity contribution in [2.75, 3.05) is 0 Å². The van der Waals surface area contributed by atoms with E-state index >= 15 is 0 Å². The first-order chi connectivity index (χ1) is 8.60. The van der Waals surface area contributed by atoms with Crippen LogP contribution in [-0.4, -0.2) is 5.11 Å². The second-order valence-corrected chi connectivity index (χ2v) is 4.77. The molecule has 0 amide bonds. The number of hydrogen-bond donors (Lipinski definition) is 1. The van der Waals surface area contributed by atoms with Crippen LogP contribution in [0.3, 0.4) is 0 Å². The van der Waals surface area contributed by atoms with Gasteiger partial charge in [-0.3, -0.25) is 0 Å². The third-order valence-corrected chi connectivity index (χ3v) is 3.16. The van der Waals surface area contributed by atoms with Crippen molar-refractivity contribution < 1.29 is 9.84 Å². The lowest BCUT2D eigenvalue weighted by atomic mass is 10.2. The topological polar surface area (TPSA) is 29.5 Å². The van der Waals surface area contributed by atoms with Crippen molar-refractivity contribution in [3.8, 4) is 11.5 Å². The molecule has 0 aliphatic rings. The van der Waals surface area contributed by atoms with Crippen LogP contribution >= 0.6 is 23.2 Å². The van der Waals surface area contributed by atoms with Crippen LogP contribution in [0.25, 0.3) is 0 Å². The van der Waals surface area contributed by atoms with Crippen molar-refractivity contribution in [1.82, 2.24) is 0 Å². The number of aliphatic hydroxyl groups is 1. The van der Waals surface area contributed by atoms with Gasteiger partial charge in [0.1, 0.15) is 11.5 Å². The number of halogens is 2. The quantitative estimate of drug-likeness (QED) is 0.893. The number of hydrogen-bond acceptors (Lipinski definition) is 2. The SMILES string of the molecule is Cc1ccc(Cl)cc1Oc1ccc(CO)c(Cl)c1. The number of ether oxygens (including phenoxy) is 1. The zero-order valence-corrected chi connectivity index (χ0v) is 11.3. The Labute approximate surface area is 116 Å². The van der Waals surface area contributed by atoms with Crippen LogP contribution in [0.15, 0.2) is 36.4 Å². The maximum Gasteiger partial charge on any atom is 0.131 e. The summed E-state index contributed by atoms with van der Waals surface area (Å²) in [5, 5.41) is 10.1. The first kappa shape index (κ1) is 13.2. The lowest BCUT2D eigenvalue weighted by Crippen LogP contribution is -1.90. The molecule has 0 aliphatic carbocycles. The fourth-order valence-corrected chi connectivity index (χ4v) is 1.92.